The Morgan fingerprint density at radius 2 is 2.10 bits per heavy atom. The van der Waals surface area contributed by atoms with Crippen LogP contribution in [0.5, 0.6) is 5.75 Å². The zero-order chi connectivity index (χ0) is 20.6. The highest BCUT2D eigenvalue weighted by molar-refractivity contribution is 5.88. The summed E-state index contributed by atoms with van der Waals surface area (Å²) in [6, 6.07) is 7.81. The average molecular weight is 392 g/mol. The van der Waals surface area contributed by atoms with E-state index in [1.807, 2.05) is 10.6 Å². The zero-order valence-corrected chi connectivity index (χ0v) is 16.5. The molecule has 6 heteroatoms. The first-order valence-electron chi connectivity index (χ1n) is 10.1. The summed E-state index contributed by atoms with van der Waals surface area (Å²) in [5.74, 6) is -0.414. The van der Waals surface area contributed by atoms with E-state index in [9.17, 15) is 14.7 Å². The number of unbranched alkanes of at least 4 members (excludes halogenated alkanes) is 2. The predicted octanol–water partition coefficient (Wildman–Crippen LogP) is 3.89. The minimum Gasteiger partial charge on any atom is -0.496 e. The molecule has 4 rings (SSSR count). The van der Waals surface area contributed by atoms with Gasteiger partial charge in [0.15, 0.2) is 5.43 Å². The molecule has 1 aliphatic carbocycles. The van der Waals surface area contributed by atoms with Gasteiger partial charge in [0.2, 0.25) is 0 Å². The lowest BCUT2D eigenvalue weighted by Gasteiger charge is -2.49. The lowest BCUT2D eigenvalue weighted by molar-refractivity contribution is 0.0691. The number of benzene rings is 1. The van der Waals surface area contributed by atoms with E-state index in [4.69, 9.17) is 10.00 Å². The van der Waals surface area contributed by atoms with Crippen LogP contribution in [0.4, 0.5) is 0 Å². The highest BCUT2D eigenvalue weighted by atomic mass is 16.5. The molecule has 29 heavy (non-hydrogen) atoms. The average Bonchev–Trinajstić information content (AvgIpc) is 2.68. The van der Waals surface area contributed by atoms with Crippen LogP contribution in [-0.4, -0.2) is 22.8 Å². The standard InChI is InChI=1S/C23H24N2O4/c1-29-21-11-17-16(10-15(21)6-3-2-4-9-24)13-23(7-5-8-23)25-14-18(22(27)28)20(26)12-19(17)25/h10-12,14H,2-8,13H2,1H3,(H,27,28). The third-order valence-corrected chi connectivity index (χ3v) is 6.36. The number of aromatic carboxylic acids is 1. The predicted molar refractivity (Wildman–Crippen MR) is 108 cm³/mol. The molecule has 1 aromatic heterocycles. The smallest absolute Gasteiger partial charge is 0.341 e. The second kappa shape index (κ2) is 7.40. The SMILES string of the molecule is COc1cc2c(cc1CCCCC#N)CC1(CCC1)n1cc(C(=O)O)c(=O)cc1-2. The second-order valence-electron chi connectivity index (χ2n) is 8.05. The van der Waals surface area contributed by atoms with E-state index in [-0.39, 0.29) is 11.1 Å². The zero-order valence-electron chi connectivity index (χ0n) is 16.5. The summed E-state index contributed by atoms with van der Waals surface area (Å²) >= 11 is 0. The van der Waals surface area contributed by atoms with E-state index in [1.165, 1.54) is 17.8 Å². The van der Waals surface area contributed by atoms with Gasteiger partial charge in [0.1, 0.15) is 11.3 Å². The molecule has 1 N–H and O–H groups in total. The van der Waals surface area contributed by atoms with Gasteiger partial charge in [0.25, 0.3) is 0 Å². The summed E-state index contributed by atoms with van der Waals surface area (Å²) < 4.78 is 7.64. The molecule has 0 atom stereocenters. The van der Waals surface area contributed by atoms with Gasteiger partial charge in [-0.1, -0.05) is 6.07 Å². The Morgan fingerprint density at radius 1 is 1.31 bits per heavy atom. The lowest BCUT2D eigenvalue weighted by atomic mass is 9.69. The Bertz CT molecular complexity index is 1070. The number of carbonyl (C=O) groups is 1. The first-order chi connectivity index (χ1) is 14.0. The van der Waals surface area contributed by atoms with E-state index in [1.54, 1.807) is 7.11 Å². The van der Waals surface area contributed by atoms with Gasteiger partial charge in [-0.25, -0.2) is 4.79 Å². The molecule has 6 nitrogen and oxygen atoms in total. The molecule has 0 amide bonds. The van der Waals surface area contributed by atoms with Crippen molar-refractivity contribution in [2.75, 3.05) is 7.11 Å². The fraction of sp³-hybridized carbons (Fsp3) is 0.435. The van der Waals surface area contributed by atoms with Crippen molar-refractivity contribution in [2.24, 2.45) is 0 Å². The molecule has 0 bridgehead atoms. The van der Waals surface area contributed by atoms with Crippen LogP contribution in [0.3, 0.4) is 0 Å². The molecule has 1 fully saturated rings. The number of aromatic nitrogens is 1. The maximum Gasteiger partial charge on any atom is 0.341 e. The van der Waals surface area contributed by atoms with Crippen LogP contribution in [0.15, 0.2) is 29.2 Å². The molecule has 0 radical (unpaired) electrons. The van der Waals surface area contributed by atoms with Crippen molar-refractivity contribution in [3.8, 4) is 23.1 Å². The highest BCUT2D eigenvalue weighted by Crippen LogP contribution is 2.49. The largest absolute Gasteiger partial charge is 0.496 e. The number of pyridine rings is 1. The summed E-state index contributed by atoms with van der Waals surface area (Å²) in [5.41, 5.74) is 3.23. The van der Waals surface area contributed by atoms with Crippen LogP contribution in [0, 0.1) is 11.3 Å². The van der Waals surface area contributed by atoms with Gasteiger partial charge in [0.05, 0.1) is 18.9 Å². The van der Waals surface area contributed by atoms with E-state index in [2.05, 4.69) is 12.1 Å². The van der Waals surface area contributed by atoms with Gasteiger partial charge < -0.3 is 14.4 Å². The van der Waals surface area contributed by atoms with E-state index in [0.29, 0.717) is 6.42 Å². The Morgan fingerprint density at radius 3 is 2.72 bits per heavy atom. The number of methoxy groups -OCH3 is 1. The molecular weight excluding hydrogens is 368 g/mol. The van der Waals surface area contributed by atoms with Gasteiger partial charge in [-0.2, -0.15) is 5.26 Å². The number of nitriles is 1. The number of fused-ring (bicyclic) bond motifs is 4. The molecule has 1 aromatic carbocycles. The Hall–Kier alpha value is -3.07. The summed E-state index contributed by atoms with van der Waals surface area (Å²) in [4.78, 5) is 23.9. The molecule has 2 aromatic rings. The summed E-state index contributed by atoms with van der Waals surface area (Å²) in [5, 5.41) is 18.2. The van der Waals surface area contributed by atoms with Crippen LogP contribution in [0.2, 0.25) is 0 Å². The number of hydrogen-bond acceptors (Lipinski definition) is 4. The highest BCUT2D eigenvalue weighted by Gasteiger charge is 2.43. The fourth-order valence-electron chi connectivity index (χ4n) is 4.70. The van der Waals surface area contributed by atoms with Crippen molar-refractivity contribution in [3.63, 3.8) is 0 Å². The quantitative estimate of drug-likeness (QED) is 0.753. The van der Waals surface area contributed by atoms with Gasteiger partial charge in [-0.3, -0.25) is 4.79 Å². The number of hydrogen-bond donors (Lipinski definition) is 1. The summed E-state index contributed by atoms with van der Waals surface area (Å²) in [6.45, 7) is 0. The number of carboxylic acids is 1. The molecule has 2 heterocycles. The first-order valence-corrected chi connectivity index (χ1v) is 10.1. The van der Waals surface area contributed by atoms with E-state index >= 15 is 0 Å². The van der Waals surface area contributed by atoms with Gasteiger partial charge >= 0.3 is 5.97 Å². The number of ether oxygens (including phenoxy) is 1. The van der Waals surface area contributed by atoms with Crippen molar-refractivity contribution < 1.29 is 14.6 Å². The van der Waals surface area contributed by atoms with Crippen LogP contribution in [-0.2, 0) is 18.4 Å². The molecule has 150 valence electrons. The maximum absolute atomic E-state index is 12.4. The minimum absolute atomic E-state index is 0.146. The van der Waals surface area contributed by atoms with Crippen molar-refractivity contribution in [1.29, 1.82) is 5.26 Å². The Kier molecular flexibility index (Phi) is 4.91. The lowest BCUT2D eigenvalue weighted by Crippen LogP contribution is -2.46. The molecule has 0 saturated heterocycles. The van der Waals surface area contributed by atoms with Gasteiger partial charge in [0, 0.05) is 29.8 Å². The van der Waals surface area contributed by atoms with E-state index in [0.717, 1.165) is 67.5 Å². The van der Waals surface area contributed by atoms with Crippen LogP contribution >= 0.6 is 0 Å². The monoisotopic (exact) mass is 392 g/mol. The van der Waals surface area contributed by atoms with E-state index < -0.39 is 11.4 Å². The first kappa shape index (κ1) is 19.3. The van der Waals surface area contributed by atoms with Crippen molar-refractivity contribution in [2.45, 2.75) is 56.9 Å². The number of rotatable bonds is 6. The molecular formula is C23H24N2O4. The van der Waals surface area contributed by atoms with Crippen LogP contribution in [0.25, 0.3) is 11.3 Å². The molecule has 1 saturated carbocycles. The van der Waals surface area contributed by atoms with Crippen molar-refractivity contribution in [1.82, 2.24) is 4.57 Å². The number of nitrogens with zero attached hydrogens (tertiary/aromatic N) is 2. The minimum atomic E-state index is -1.18. The van der Waals surface area contributed by atoms with Gasteiger partial charge in [-0.15, -0.1) is 0 Å². The molecule has 1 aliphatic heterocycles. The fourth-order valence-corrected chi connectivity index (χ4v) is 4.70. The maximum atomic E-state index is 12.4. The third kappa shape index (κ3) is 3.21. The van der Waals surface area contributed by atoms with Gasteiger partial charge in [-0.05, 0) is 62.1 Å². The van der Waals surface area contributed by atoms with Crippen LogP contribution < -0.4 is 10.2 Å². The molecule has 1 spiro atoms. The number of carboxylic acid groups (broad SMARTS) is 1. The second-order valence-corrected chi connectivity index (χ2v) is 8.05. The van der Waals surface area contributed by atoms with Crippen LogP contribution in [0.1, 0.15) is 60.0 Å². The Balaban J connectivity index is 1.82. The molecule has 0 unspecified atom stereocenters. The van der Waals surface area contributed by atoms with Crippen molar-refractivity contribution >= 4 is 5.97 Å². The Labute approximate surface area is 169 Å². The number of aryl methyl sites for hydroxylation is 1. The summed E-state index contributed by atoms with van der Waals surface area (Å²) in [7, 11) is 1.64. The van der Waals surface area contributed by atoms with Crippen molar-refractivity contribution in [3.05, 3.63) is 51.3 Å². The molecule has 2 aliphatic rings. The topological polar surface area (TPSA) is 92.3 Å². The third-order valence-electron chi connectivity index (χ3n) is 6.36. The summed E-state index contributed by atoms with van der Waals surface area (Å²) in [6.07, 6.45) is 8.59. The normalized spacial score (nSPS) is 15.7.